The van der Waals surface area contributed by atoms with E-state index in [0.717, 1.165) is 67.1 Å². The van der Waals surface area contributed by atoms with Gasteiger partial charge in [0.05, 0.1) is 27.8 Å². The van der Waals surface area contributed by atoms with E-state index in [1.807, 2.05) is 54.7 Å². The predicted octanol–water partition coefficient (Wildman–Crippen LogP) is 12.0. The minimum absolute atomic E-state index is 0.530. The lowest BCUT2D eigenvalue weighted by atomic mass is 10.0. The van der Waals surface area contributed by atoms with Crippen LogP contribution in [-0.2, 0) is 0 Å². The average molecular weight is 719 g/mol. The summed E-state index contributed by atoms with van der Waals surface area (Å²) in [5, 5.41) is 3.30. The number of aromatic nitrogens is 6. The third-order valence-corrected chi connectivity index (χ3v) is 10.4. The summed E-state index contributed by atoms with van der Waals surface area (Å²) in [7, 11) is 0. The number of furan rings is 1. The number of rotatable bonds is 6. The Morgan fingerprint density at radius 2 is 1.05 bits per heavy atom. The van der Waals surface area contributed by atoms with Crippen molar-refractivity contribution in [2.75, 3.05) is 0 Å². The van der Waals surface area contributed by atoms with E-state index in [1.54, 1.807) is 6.33 Å². The lowest BCUT2D eigenvalue weighted by Gasteiger charge is -2.12. The van der Waals surface area contributed by atoms with Crippen LogP contribution < -0.4 is 0 Å². The zero-order valence-electron chi connectivity index (χ0n) is 29.9. The molecule has 0 fully saturated rings. The van der Waals surface area contributed by atoms with Crippen LogP contribution in [0.15, 0.2) is 187 Å². The molecule has 0 aliphatic rings. The van der Waals surface area contributed by atoms with Gasteiger partial charge in [0.1, 0.15) is 17.5 Å². The van der Waals surface area contributed by atoms with Crippen LogP contribution >= 0.6 is 0 Å². The van der Waals surface area contributed by atoms with Gasteiger partial charge in [-0.1, -0.05) is 133 Å². The van der Waals surface area contributed by atoms with Gasteiger partial charge in [0.25, 0.3) is 0 Å². The molecule has 0 unspecified atom stereocenters. The Bertz CT molecular complexity index is 3190. The van der Waals surface area contributed by atoms with Gasteiger partial charge >= 0.3 is 0 Å². The zero-order chi connectivity index (χ0) is 37.0. The molecule has 0 N–H and O–H groups in total. The molecular formula is C49H30N6O. The zero-order valence-corrected chi connectivity index (χ0v) is 29.9. The third kappa shape index (κ3) is 5.33. The normalized spacial score (nSPS) is 11.6. The Labute approximate surface area is 321 Å². The van der Waals surface area contributed by atoms with Crippen LogP contribution in [0.2, 0.25) is 0 Å². The van der Waals surface area contributed by atoms with Crippen molar-refractivity contribution < 1.29 is 4.42 Å². The van der Waals surface area contributed by atoms with E-state index in [0.29, 0.717) is 17.1 Å². The summed E-state index contributed by atoms with van der Waals surface area (Å²) in [4.78, 5) is 24.1. The molecule has 56 heavy (non-hydrogen) atoms. The fourth-order valence-electron chi connectivity index (χ4n) is 7.72. The van der Waals surface area contributed by atoms with Gasteiger partial charge in [0, 0.05) is 50.5 Å². The van der Waals surface area contributed by atoms with Gasteiger partial charge < -0.3 is 8.98 Å². The maximum absolute atomic E-state index is 6.22. The Morgan fingerprint density at radius 1 is 0.429 bits per heavy atom. The first-order valence-corrected chi connectivity index (χ1v) is 18.5. The van der Waals surface area contributed by atoms with Crippen LogP contribution in [0.4, 0.5) is 0 Å². The molecule has 0 radical (unpaired) electrons. The van der Waals surface area contributed by atoms with E-state index in [4.69, 9.17) is 19.4 Å². The molecule has 11 aromatic rings. The summed E-state index contributed by atoms with van der Waals surface area (Å²) in [5.41, 5.74) is 13.6. The SMILES string of the molecule is c1ccc(-c2nc(-c3ccc(-c4cnc5oc6c(-c7ccccc7)ncnc6c5c4)cc3)cc(-c3cccc(-n4c5ccccc5c5ccccc54)c3)n2)cc1. The molecule has 0 amide bonds. The van der Waals surface area contributed by atoms with Gasteiger partial charge in [-0.15, -0.1) is 0 Å². The molecule has 0 aliphatic carbocycles. The summed E-state index contributed by atoms with van der Waals surface area (Å²) in [6, 6.07) is 58.5. The first kappa shape index (κ1) is 31.7. The number of pyridine rings is 1. The molecule has 0 atom stereocenters. The van der Waals surface area contributed by atoms with E-state index in [-0.39, 0.29) is 0 Å². The molecule has 262 valence electrons. The number of para-hydroxylation sites is 2. The molecule has 0 bridgehead atoms. The average Bonchev–Trinajstić information content (AvgIpc) is 3.83. The van der Waals surface area contributed by atoms with Crippen LogP contribution in [0.1, 0.15) is 0 Å². The van der Waals surface area contributed by atoms with E-state index in [2.05, 4.69) is 136 Å². The molecule has 0 saturated heterocycles. The van der Waals surface area contributed by atoms with Crippen molar-refractivity contribution in [3.63, 3.8) is 0 Å². The highest BCUT2D eigenvalue weighted by molar-refractivity contribution is 6.09. The fourth-order valence-corrected chi connectivity index (χ4v) is 7.72. The third-order valence-electron chi connectivity index (χ3n) is 10.4. The maximum atomic E-state index is 6.22. The van der Waals surface area contributed by atoms with Gasteiger partial charge in [-0.25, -0.2) is 24.9 Å². The second-order valence-electron chi connectivity index (χ2n) is 13.8. The predicted molar refractivity (Wildman–Crippen MR) is 224 cm³/mol. The van der Waals surface area contributed by atoms with Crippen molar-refractivity contribution in [2.45, 2.75) is 0 Å². The molecule has 7 heteroatoms. The van der Waals surface area contributed by atoms with E-state index in [9.17, 15) is 0 Å². The van der Waals surface area contributed by atoms with E-state index in [1.165, 1.54) is 21.8 Å². The fraction of sp³-hybridized carbons (Fsp3) is 0. The van der Waals surface area contributed by atoms with Gasteiger partial charge in [-0.05, 0) is 42.0 Å². The molecule has 0 saturated carbocycles. The smallest absolute Gasteiger partial charge is 0.229 e. The molecule has 11 rings (SSSR count). The second kappa shape index (κ2) is 13.0. The Balaban J connectivity index is 0.990. The number of nitrogens with zero attached hydrogens (tertiary/aromatic N) is 6. The number of benzene rings is 6. The summed E-state index contributed by atoms with van der Waals surface area (Å²) in [6.45, 7) is 0. The van der Waals surface area contributed by atoms with Crippen molar-refractivity contribution in [2.24, 2.45) is 0 Å². The number of fused-ring (bicyclic) bond motifs is 6. The molecule has 6 aromatic carbocycles. The van der Waals surface area contributed by atoms with Crippen molar-refractivity contribution >= 4 is 44.0 Å². The van der Waals surface area contributed by atoms with Crippen molar-refractivity contribution in [1.29, 1.82) is 0 Å². The Hall–Kier alpha value is -7.77. The molecule has 7 nitrogen and oxygen atoms in total. The highest BCUT2D eigenvalue weighted by Crippen LogP contribution is 2.36. The molecule has 0 aliphatic heterocycles. The standard InChI is InChI=1S/C49H30N6O/c1-3-12-33(13-4-1)45-47-46(52-30-51-45)40-27-36(29-50-49(40)56-47)31-22-24-32(25-23-31)41-28-42(54-48(53-41)34-14-5-2-6-15-34)35-16-11-17-37(26-35)55-43-20-9-7-18-38(43)39-19-8-10-21-44(39)55/h1-30H. The first-order valence-electron chi connectivity index (χ1n) is 18.5. The molecule has 5 aromatic heterocycles. The van der Waals surface area contributed by atoms with Crippen LogP contribution in [0.3, 0.4) is 0 Å². The van der Waals surface area contributed by atoms with Gasteiger partial charge in [-0.3, -0.25) is 0 Å². The van der Waals surface area contributed by atoms with Crippen molar-refractivity contribution in [1.82, 2.24) is 29.5 Å². The quantitative estimate of drug-likeness (QED) is 0.170. The van der Waals surface area contributed by atoms with Crippen LogP contribution in [-0.4, -0.2) is 29.5 Å². The largest absolute Gasteiger partial charge is 0.434 e. The monoisotopic (exact) mass is 718 g/mol. The molecular weight excluding hydrogens is 689 g/mol. The first-order chi connectivity index (χ1) is 27.7. The second-order valence-corrected chi connectivity index (χ2v) is 13.8. The lowest BCUT2D eigenvalue weighted by molar-refractivity contribution is 0.652. The topological polar surface area (TPSA) is 82.5 Å². The van der Waals surface area contributed by atoms with Gasteiger partial charge in [0.2, 0.25) is 5.71 Å². The summed E-state index contributed by atoms with van der Waals surface area (Å²) in [5.74, 6) is 0.669. The van der Waals surface area contributed by atoms with Crippen LogP contribution in [0, 0.1) is 0 Å². The Morgan fingerprint density at radius 3 is 1.79 bits per heavy atom. The summed E-state index contributed by atoms with van der Waals surface area (Å²) < 4.78 is 8.55. The van der Waals surface area contributed by atoms with Gasteiger partial charge in [0.15, 0.2) is 11.4 Å². The number of hydrogen-bond donors (Lipinski definition) is 0. The number of hydrogen-bond acceptors (Lipinski definition) is 6. The highest BCUT2D eigenvalue weighted by Gasteiger charge is 2.18. The highest BCUT2D eigenvalue weighted by atomic mass is 16.3. The van der Waals surface area contributed by atoms with Crippen LogP contribution in [0.5, 0.6) is 0 Å². The minimum atomic E-state index is 0.530. The summed E-state index contributed by atoms with van der Waals surface area (Å²) in [6.07, 6.45) is 3.43. The van der Waals surface area contributed by atoms with Crippen molar-refractivity contribution in [3.8, 4) is 62.0 Å². The van der Waals surface area contributed by atoms with Gasteiger partial charge in [-0.2, -0.15) is 0 Å². The molecule has 5 heterocycles. The molecule has 0 spiro atoms. The van der Waals surface area contributed by atoms with E-state index >= 15 is 0 Å². The summed E-state index contributed by atoms with van der Waals surface area (Å²) >= 11 is 0. The lowest BCUT2D eigenvalue weighted by Crippen LogP contribution is -1.97. The Kier molecular flexibility index (Phi) is 7.35. The maximum Gasteiger partial charge on any atom is 0.229 e. The van der Waals surface area contributed by atoms with E-state index < -0.39 is 0 Å². The minimum Gasteiger partial charge on any atom is -0.434 e. The van der Waals surface area contributed by atoms with Crippen LogP contribution in [0.25, 0.3) is 106 Å². The van der Waals surface area contributed by atoms with Crippen molar-refractivity contribution in [3.05, 3.63) is 182 Å².